The smallest absolute Gasteiger partial charge is 0.387 e. The van der Waals surface area contributed by atoms with Gasteiger partial charge >= 0.3 is 6.61 Å². The Hall–Kier alpha value is -2.97. The van der Waals surface area contributed by atoms with Gasteiger partial charge in [-0.25, -0.2) is 0 Å². The van der Waals surface area contributed by atoms with E-state index in [1.54, 1.807) is 21.0 Å². The van der Waals surface area contributed by atoms with Gasteiger partial charge in [-0.05, 0) is 19.1 Å². The molecule has 0 atom stereocenters. The number of aromatic nitrogens is 2. The predicted octanol–water partition coefficient (Wildman–Crippen LogP) is 2.46. The van der Waals surface area contributed by atoms with Crippen LogP contribution in [-0.2, 0) is 6.54 Å². The number of nitrogens with zero attached hydrogens (tertiary/aromatic N) is 3. The van der Waals surface area contributed by atoms with Crippen molar-refractivity contribution in [2.24, 2.45) is 0 Å². The highest BCUT2D eigenvalue weighted by Crippen LogP contribution is 2.23. The van der Waals surface area contributed by atoms with E-state index in [-0.39, 0.29) is 28.6 Å². The van der Waals surface area contributed by atoms with Crippen molar-refractivity contribution < 1.29 is 23.1 Å². The van der Waals surface area contributed by atoms with Gasteiger partial charge < -0.3 is 15.0 Å². The third-order valence-corrected chi connectivity index (χ3v) is 3.34. The number of amides is 2. The molecule has 0 fully saturated rings. The van der Waals surface area contributed by atoms with Crippen LogP contribution in [0.15, 0.2) is 30.5 Å². The van der Waals surface area contributed by atoms with Crippen molar-refractivity contribution in [2.45, 2.75) is 20.1 Å². The number of anilines is 1. The molecule has 2 rings (SSSR count). The molecule has 0 aliphatic carbocycles. The van der Waals surface area contributed by atoms with Crippen LogP contribution in [-0.4, -0.2) is 47.2 Å². The van der Waals surface area contributed by atoms with E-state index < -0.39 is 12.5 Å². The molecule has 25 heavy (non-hydrogen) atoms. The maximum absolute atomic E-state index is 12.5. The Morgan fingerprint density at radius 2 is 2.00 bits per heavy atom. The minimum absolute atomic E-state index is 0.0738. The molecule has 0 saturated heterocycles. The first-order valence-corrected chi connectivity index (χ1v) is 7.47. The molecule has 1 heterocycles. The number of rotatable bonds is 6. The molecule has 1 N–H and O–H groups in total. The summed E-state index contributed by atoms with van der Waals surface area (Å²) in [6, 6.07) is 5.62. The van der Waals surface area contributed by atoms with E-state index in [0.29, 0.717) is 6.54 Å². The molecule has 0 unspecified atom stereocenters. The molecule has 0 bridgehead atoms. The van der Waals surface area contributed by atoms with Gasteiger partial charge in [-0.1, -0.05) is 12.1 Å². The SMILES string of the molecule is CCn1ncc(NC(=O)c2ccccc2OC(F)F)c1C(=O)N(C)C. The Kier molecular flexibility index (Phi) is 5.68. The van der Waals surface area contributed by atoms with E-state index >= 15 is 0 Å². The highest BCUT2D eigenvalue weighted by atomic mass is 19.3. The molecule has 2 amide bonds. The Balaban J connectivity index is 2.33. The fraction of sp³-hybridized carbons (Fsp3) is 0.312. The number of hydrogen-bond acceptors (Lipinski definition) is 4. The summed E-state index contributed by atoms with van der Waals surface area (Å²) in [4.78, 5) is 26.1. The number of hydrogen-bond donors (Lipinski definition) is 1. The summed E-state index contributed by atoms with van der Waals surface area (Å²) < 4.78 is 30.8. The van der Waals surface area contributed by atoms with Crippen LogP contribution in [0.2, 0.25) is 0 Å². The van der Waals surface area contributed by atoms with Gasteiger partial charge in [0, 0.05) is 20.6 Å². The summed E-state index contributed by atoms with van der Waals surface area (Å²) in [5, 5.41) is 6.60. The van der Waals surface area contributed by atoms with Gasteiger partial charge in [-0.3, -0.25) is 14.3 Å². The van der Waals surface area contributed by atoms with Gasteiger partial charge in [0.1, 0.15) is 11.4 Å². The van der Waals surface area contributed by atoms with Gasteiger partial charge in [-0.15, -0.1) is 0 Å². The second-order valence-corrected chi connectivity index (χ2v) is 5.25. The summed E-state index contributed by atoms with van der Waals surface area (Å²) in [6.07, 6.45) is 1.34. The van der Waals surface area contributed by atoms with Crippen molar-refractivity contribution in [1.82, 2.24) is 14.7 Å². The van der Waals surface area contributed by atoms with Gasteiger partial charge in [0.25, 0.3) is 11.8 Å². The van der Waals surface area contributed by atoms with Crippen molar-refractivity contribution in [3.8, 4) is 5.75 Å². The molecule has 0 aliphatic heterocycles. The van der Waals surface area contributed by atoms with E-state index in [4.69, 9.17) is 0 Å². The number of benzene rings is 1. The number of alkyl halides is 2. The number of para-hydroxylation sites is 1. The maximum atomic E-state index is 12.5. The highest BCUT2D eigenvalue weighted by molar-refractivity contribution is 6.09. The number of nitrogens with one attached hydrogen (secondary N) is 1. The summed E-state index contributed by atoms with van der Waals surface area (Å²) in [5.41, 5.74) is 0.320. The Bertz CT molecular complexity index is 774. The summed E-state index contributed by atoms with van der Waals surface area (Å²) in [7, 11) is 3.15. The first kappa shape index (κ1) is 18.4. The van der Waals surface area contributed by atoms with Crippen LogP contribution in [0.4, 0.5) is 14.5 Å². The molecule has 7 nitrogen and oxygen atoms in total. The first-order valence-electron chi connectivity index (χ1n) is 7.47. The van der Waals surface area contributed by atoms with Crippen LogP contribution < -0.4 is 10.1 Å². The number of aryl methyl sites for hydroxylation is 1. The summed E-state index contributed by atoms with van der Waals surface area (Å²) >= 11 is 0. The van der Waals surface area contributed by atoms with E-state index in [9.17, 15) is 18.4 Å². The van der Waals surface area contributed by atoms with Crippen molar-refractivity contribution in [2.75, 3.05) is 19.4 Å². The van der Waals surface area contributed by atoms with Gasteiger partial charge in [0.15, 0.2) is 0 Å². The average Bonchev–Trinajstić information content (AvgIpc) is 2.96. The lowest BCUT2D eigenvalue weighted by Crippen LogP contribution is -2.26. The third-order valence-electron chi connectivity index (χ3n) is 3.34. The first-order chi connectivity index (χ1) is 11.8. The second kappa shape index (κ2) is 7.73. The van der Waals surface area contributed by atoms with E-state index in [1.165, 1.54) is 40.0 Å². The lowest BCUT2D eigenvalue weighted by Gasteiger charge is -2.14. The topological polar surface area (TPSA) is 76.5 Å². The van der Waals surface area contributed by atoms with Crippen LogP contribution >= 0.6 is 0 Å². The Morgan fingerprint density at radius 1 is 1.32 bits per heavy atom. The number of carbonyl (C=O) groups is 2. The lowest BCUT2D eigenvalue weighted by atomic mass is 10.2. The van der Waals surface area contributed by atoms with Crippen LogP contribution in [0.3, 0.4) is 0 Å². The van der Waals surface area contributed by atoms with Crippen LogP contribution in [0.25, 0.3) is 0 Å². The summed E-state index contributed by atoms with van der Waals surface area (Å²) in [5.74, 6) is -1.27. The number of halogens is 2. The quantitative estimate of drug-likeness (QED) is 0.866. The molecular formula is C16H18F2N4O3. The Labute approximate surface area is 143 Å². The molecular weight excluding hydrogens is 334 g/mol. The molecule has 1 aromatic carbocycles. The molecule has 0 radical (unpaired) electrons. The normalized spacial score (nSPS) is 10.6. The van der Waals surface area contributed by atoms with Crippen LogP contribution in [0.1, 0.15) is 27.8 Å². The molecule has 1 aromatic heterocycles. The predicted molar refractivity (Wildman–Crippen MR) is 86.9 cm³/mol. The Morgan fingerprint density at radius 3 is 2.60 bits per heavy atom. The maximum Gasteiger partial charge on any atom is 0.387 e. The molecule has 2 aromatic rings. The van der Waals surface area contributed by atoms with Gasteiger partial charge in [0.2, 0.25) is 0 Å². The van der Waals surface area contributed by atoms with Gasteiger partial charge in [-0.2, -0.15) is 13.9 Å². The third kappa shape index (κ3) is 4.11. The van der Waals surface area contributed by atoms with Crippen molar-refractivity contribution >= 4 is 17.5 Å². The zero-order chi connectivity index (χ0) is 18.6. The monoisotopic (exact) mass is 352 g/mol. The largest absolute Gasteiger partial charge is 0.434 e. The molecule has 9 heteroatoms. The van der Waals surface area contributed by atoms with E-state index in [2.05, 4.69) is 15.2 Å². The standard InChI is InChI=1S/C16H18F2N4O3/c1-4-22-13(15(24)21(2)3)11(9-19-22)20-14(23)10-7-5-6-8-12(10)25-16(17)18/h5-9,16H,4H2,1-3H3,(H,20,23). The van der Waals surface area contributed by atoms with Gasteiger partial charge in [0.05, 0.1) is 17.4 Å². The van der Waals surface area contributed by atoms with Crippen LogP contribution in [0, 0.1) is 0 Å². The number of carbonyl (C=O) groups excluding carboxylic acids is 2. The summed E-state index contributed by atoms with van der Waals surface area (Å²) in [6.45, 7) is -0.824. The minimum Gasteiger partial charge on any atom is -0.434 e. The lowest BCUT2D eigenvalue weighted by molar-refractivity contribution is -0.0501. The average molecular weight is 352 g/mol. The number of ether oxygens (including phenoxy) is 1. The van der Waals surface area contributed by atoms with Crippen LogP contribution in [0.5, 0.6) is 5.75 Å². The van der Waals surface area contributed by atoms with E-state index in [0.717, 1.165) is 0 Å². The van der Waals surface area contributed by atoms with Crippen molar-refractivity contribution in [3.63, 3.8) is 0 Å². The molecule has 0 saturated carbocycles. The van der Waals surface area contributed by atoms with Crippen molar-refractivity contribution in [3.05, 3.63) is 41.7 Å². The molecule has 134 valence electrons. The zero-order valence-corrected chi connectivity index (χ0v) is 14.0. The zero-order valence-electron chi connectivity index (χ0n) is 14.0. The van der Waals surface area contributed by atoms with E-state index in [1.807, 2.05) is 0 Å². The molecule has 0 aliphatic rings. The molecule has 0 spiro atoms. The highest BCUT2D eigenvalue weighted by Gasteiger charge is 2.23. The fourth-order valence-electron chi connectivity index (χ4n) is 2.20. The van der Waals surface area contributed by atoms with Crippen molar-refractivity contribution in [1.29, 1.82) is 0 Å². The second-order valence-electron chi connectivity index (χ2n) is 5.25. The fourth-order valence-corrected chi connectivity index (χ4v) is 2.20. The minimum atomic E-state index is -3.05.